The smallest absolute Gasteiger partial charge is 0.343 e. The van der Waals surface area contributed by atoms with E-state index in [0.29, 0.717) is 17.7 Å². The number of carbonyl (C=O) groups excluding carboxylic acids is 2. The van der Waals surface area contributed by atoms with E-state index in [0.717, 1.165) is 45.8 Å². The van der Waals surface area contributed by atoms with E-state index in [4.69, 9.17) is 4.74 Å². The van der Waals surface area contributed by atoms with Crippen LogP contribution >= 0.6 is 11.8 Å². The number of benzene rings is 3. The summed E-state index contributed by atoms with van der Waals surface area (Å²) in [6.07, 6.45) is 2.33. The zero-order valence-electron chi connectivity index (χ0n) is 17.8. The quantitative estimate of drug-likeness (QED) is 0.372. The van der Waals surface area contributed by atoms with Gasteiger partial charge >= 0.3 is 5.97 Å². The molecule has 1 aliphatic carbocycles. The number of nitrogens with one attached hydrogen (secondary N) is 1. The number of fused-ring (bicyclic) bond motifs is 1. The van der Waals surface area contributed by atoms with Crippen LogP contribution in [0.25, 0.3) is 0 Å². The molecule has 0 fully saturated rings. The van der Waals surface area contributed by atoms with Gasteiger partial charge in [0.25, 0.3) is 0 Å². The molecule has 0 saturated carbocycles. The van der Waals surface area contributed by atoms with Crippen LogP contribution in [0.5, 0.6) is 5.75 Å². The van der Waals surface area contributed by atoms with E-state index in [2.05, 4.69) is 17.4 Å². The Balaban J connectivity index is 1.43. The molecule has 5 heteroatoms. The van der Waals surface area contributed by atoms with Crippen LogP contribution in [0.2, 0.25) is 0 Å². The van der Waals surface area contributed by atoms with Gasteiger partial charge in [-0.15, -0.1) is 11.8 Å². The molecular formula is C27H23NO3S. The highest BCUT2D eigenvalue weighted by molar-refractivity contribution is 8.00. The van der Waals surface area contributed by atoms with Crippen LogP contribution in [0.3, 0.4) is 0 Å². The fourth-order valence-electron chi connectivity index (χ4n) is 4.12. The van der Waals surface area contributed by atoms with Crippen LogP contribution in [0.1, 0.15) is 46.0 Å². The first-order valence-corrected chi connectivity index (χ1v) is 11.6. The highest BCUT2D eigenvalue weighted by Gasteiger charge is 2.32. The Hall–Kier alpha value is -3.31. The number of aryl methyl sites for hydroxylation is 1. The summed E-state index contributed by atoms with van der Waals surface area (Å²) in [7, 11) is 0. The van der Waals surface area contributed by atoms with Crippen LogP contribution in [-0.2, 0) is 4.79 Å². The molecule has 1 atom stereocenters. The van der Waals surface area contributed by atoms with Crippen LogP contribution < -0.4 is 10.1 Å². The van der Waals surface area contributed by atoms with Gasteiger partial charge in [-0.3, -0.25) is 4.79 Å². The summed E-state index contributed by atoms with van der Waals surface area (Å²) in [6, 6.07) is 23.0. The van der Waals surface area contributed by atoms with E-state index in [9.17, 15) is 9.59 Å². The van der Waals surface area contributed by atoms with Crippen molar-refractivity contribution in [1.29, 1.82) is 0 Å². The fraction of sp³-hybridized carbons (Fsp3) is 0.185. The summed E-state index contributed by atoms with van der Waals surface area (Å²) >= 11 is 1.69. The second-order valence-corrected chi connectivity index (χ2v) is 9.26. The van der Waals surface area contributed by atoms with Crippen molar-refractivity contribution in [3.63, 3.8) is 0 Å². The first kappa shape index (κ1) is 20.6. The molecule has 0 aromatic heterocycles. The molecule has 0 saturated heterocycles. The summed E-state index contributed by atoms with van der Waals surface area (Å²) < 4.78 is 5.55. The third-order valence-electron chi connectivity index (χ3n) is 5.82. The molecule has 32 heavy (non-hydrogen) atoms. The molecule has 5 rings (SSSR count). The zero-order chi connectivity index (χ0) is 22.1. The van der Waals surface area contributed by atoms with Crippen molar-refractivity contribution in [2.75, 3.05) is 5.32 Å². The molecule has 4 nitrogen and oxygen atoms in total. The Labute approximate surface area is 191 Å². The molecule has 1 aliphatic heterocycles. The molecule has 0 spiro atoms. The molecule has 3 aromatic carbocycles. The summed E-state index contributed by atoms with van der Waals surface area (Å²) in [5.41, 5.74) is 5.57. The Morgan fingerprint density at radius 2 is 1.72 bits per heavy atom. The Morgan fingerprint density at radius 1 is 0.969 bits per heavy atom. The van der Waals surface area contributed by atoms with E-state index in [-0.39, 0.29) is 17.0 Å². The highest BCUT2D eigenvalue weighted by atomic mass is 32.2. The lowest BCUT2D eigenvalue weighted by Gasteiger charge is -2.24. The monoisotopic (exact) mass is 441 g/mol. The van der Waals surface area contributed by atoms with Crippen LogP contribution in [0.15, 0.2) is 89.0 Å². The second-order valence-electron chi connectivity index (χ2n) is 8.11. The Kier molecular flexibility index (Phi) is 5.58. The standard InChI is InChI=1S/C27H23NO3S/c1-17-9-11-19(12-10-17)27(30)31-20-15-13-18(14-16-20)26-25-22(6-4-7-23(25)29)28-21-5-2-3-8-24(21)32-26/h2-3,5,8-16,26,28H,4,6-7H2,1H3. The average Bonchev–Trinajstić information content (AvgIpc) is 2.97. The molecule has 2 aliphatic rings. The normalized spacial score (nSPS) is 17.7. The zero-order valence-corrected chi connectivity index (χ0v) is 18.6. The Morgan fingerprint density at radius 3 is 2.50 bits per heavy atom. The Bertz CT molecular complexity index is 1210. The maximum Gasteiger partial charge on any atom is 0.343 e. The molecular weight excluding hydrogens is 418 g/mol. The van der Waals surface area contributed by atoms with Crippen LogP contribution in [-0.4, -0.2) is 11.8 Å². The predicted octanol–water partition coefficient (Wildman–Crippen LogP) is 6.48. The number of carbonyl (C=O) groups is 2. The second kappa shape index (κ2) is 8.67. The number of ether oxygens (including phenoxy) is 1. The summed E-state index contributed by atoms with van der Waals surface area (Å²) in [5, 5.41) is 3.42. The van der Waals surface area contributed by atoms with Crippen LogP contribution in [0, 0.1) is 6.92 Å². The number of hydrogen-bond acceptors (Lipinski definition) is 5. The third-order valence-corrected chi connectivity index (χ3v) is 7.17. The first-order valence-electron chi connectivity index (χ1n) is 10.8. The highest BCUT2D eigenvalue weighted by Crippen LogP contribution is 2.49. The van der Waals surface area contributed by atoms with Gasteiger partial charge in [0, 0.05) is 22.6 Å². The number of allylic oxidation sites excluding steroid dienone is 1. The van der Waals surface area contributed by atoms with Gasteiger partial charge in [0.2, 0.25) is 0 Å². The first-order chi connectivity index (χ1) is 15.6. The largest absolute Gasteiger partial charge is 0.423 e. The summed E-state index contributed by atoms with van der Waals surface area (Å²) in [6.45, 7) is 1.98. The minimum atomic E-state index is -0.382. The van der Waals surface area contributed by atoms with Crippen molar-refractivity contribution < 1.29 is 14.3 Å². The fourth-order valence-corrected chi connectivity index (χ4v) is 5.46. The van der Waals surface area contributed by atoms with Crippen molar-refractivity contribution in [3.8, 4) is 5.75 Å². The van der Waals surface area contributed by atoms with Gasteiger partial charge < -0.3 is 10.1 Å². The third kappa shape index (κ3) is 4.08. The minimum absolute atomic E-state index is 0.101. The summed E-state index contributed by atoms with van der Waals surface area (Å²) in [4.78, 5) is 26.5. The predicted molar refractivity (Wildman–Crippen MR) is 127 cm³/mol. The van der Waals surface area contributed by atoms with Crippen molar-refractivity contribution in [2.45, 2.75) is 36.3 Å². The van der Waals surface area contributed by atoms with Crippen molar-refractivity contribution >= 4 is 29.2 Å². The molecule has 1 unspecified atom stereocenters. The lowest BCUT2D eigenvalue weighted by atomic mass is 9.89. The molecule has 0 amide bonds. The van der Waals surface area contributed by atoms with Crippen molar-refractivity contribution in [2.24, 2.45) is 0 Å². The van der Waals surface area contributed by atoms with Crippen molar-refractivity contribution in [3.05, 3.63) is 101 Å². The number of rotatable bonds is 3. The van der Waals surface area contributed by atoms with E-state index in [1.54, 1.807) is 36.0 Å². The molecule has 0 bridgehead atoms. The number of hydrogen-bond donors (Lipinski definition) is 1. The number of anilines is 1. The number of thioether (sulfide) groups is 1. The van der Waals surface area contributed by atoms with E-state index in [1.807, 2.05) is 43.3 Å². The molecule has 0 radical (unpaired) electrons. The number of para-hydroxylation sites is 1. The van der Waals surface area contributed by atoms with Crippen LogP contribution in [0.4, 0.5) is 5.69 Å². The molecule has 160 valence electrons. The van der Waals surface area contributed by atoms with Gasteiger partial charge in [-0.25, -0.2) is 4.79 Å². The van der Waals surface area contributed by atoms with Gasteiger partial charge in [-0.1, -0.05) is 42.0 Å². The van der Waals surface area contributed by atoms with Crippen molar-refractivity contribution in [1.82, 2.24) is 0 Å². The van der Waals surface area contributed by atoms with E-state index >= 15 is 0 Å². The maximum atomic E-state index is 12.9. The van der Waals surface area contributed by atoms with E-state index < -0.39 is 0 Å². The van der Waals surface area contributed by atoms with Gasteiger partial charge in [0.05, 0.1) is 16.5 Å². The lowest BCUT2D eigenvalue weighted by Crippen LogP contribution is -2.19. The molecule has 1 heterocycles. The number of esters is 1. The summed E-state index contributed by atoms with van der Waals surface area (Å²) in [5.74, 6) is 0.312. The van der Waals surface area contributed by atoms with Gasteiger partial charge in [-0.05, 0) is 61.7 Å². The SMILES string of the molecule is Cc1ccc(C(=O)Oc2ccc(C3Sc4ccccc4NC4=C3C(=O)CCC4)cc2)cc1. The number of Topliss-reactive ketones (excluding diaryl/α,β-unsaturated/α-hetero) is 1. The van der Waals surface area contributed by atoms with E-state index in [1.165, 1.54) is 0 Å². The maximum absolute atomic E-state index is 12.9. The average molecular weight is 442 g/mol. The lowest BCUT2D eigenvalue weighted by molar-refractivity contribution is -0.116. The molecule has 1 N–H and O–H groups in total. The topological polar surface area (TPSA) is 55.4 Å². The van der Waals surface area contributed by atoms with Gasteiger partial charge in [-0.2, -0.15) is 0 Å². The van der Waals surface area contributed by atoms with Gasteiger partial charge in [0.15, 0.2) is 5.78 Å². The number of ketones is 1. The molecule has 3 aromatic rings. The van der Waals surface area contributed by atoms with Gasteiger partial charge in [0.1, 0.15) is 5.75 Å². The minimum Gasteiger partial charge on any atom is -0.423 e.